The third-order valence-electron chi connectivity index (χ3n) is 9.72. The normalized spacial score (nSPS) is 12.1. The summed E-state index contributed by atoms with van der Waals surface area (Å²) in [5.41, 5.74) is 13.3. The monoisotopic (exact) mass is 668 g/mol. The highest BCUT2D eigenvalue weighted by Gasteiger charge is 2.21. The van der Waals surface area contributed by atoms with Gasteiger partial charge in [0.2, 0.25) is 0 Å². The molecule has 1 aromatic heterocycles. The fourth-order valence-electron chi connectivity index (χ4n) is 6.97. The zero-order chi connectivity index (χ0) is 33.5. The highest BCUT2D eigenvalue weighted by atomic mass is 32.1. The third kappa shape index (κ3) is 5.70. The zero-order valence-electron chi connectivity index (χ0n) is 27.7. The minimum absolute atomic E-state index is 0.164. The lowest BCUT2D eigenvalue weighted by atomic mass is 9.95. The van der Waals surface area contributed by atoms with E-state index in [1.807, 2.05) is 17.4 Å². The van der Waals surface area contributed by atoms with Gasteiger partial charge in [0.1, 0.15) is 0 Å². The number of benzene rings is 7. The maximum absolute atomic E-state index is 6.74. The van der Waals surface area contributed by atoms with Crippen molar-refractivity contribution in [2.75, 3.05) is 12.8 Å². The standard InChI is InChI=1S/C45H37N2PS/c1-30(32-14-7-4-8-15-32)47(3)31(2)40-29-43-45(39-20-13-21-41(46)44(39)40)38-27-24-34(28-42(38)49-43)33-22-25-37(26-23-33)48(35-16-9-5-10-17-35)36-18-11-6-12-19-36/h4-30H,2,46H2,1,3H3. The molecule has 1 unspecified atom stereocenters. The maximum atomic E-state index is 6.74. The number of nitrogens with zero attached hydrogens (tertiary/aromatic N) is 1. The molecule has 0 fully saturated rings. The topological polar surface area (TPSA) is 29.3 Å². The average Bonchev–Trinajstić information content (AvgIpc) is 3.53. The van der Waals surface area contributed by atoms with Gasteiger partial charge >= 0.3 is 0 Å². The molecule has 0 aliphatic rings. The SMILES string of the molecule is C=C(c1cc2sc3cc(-c4ccc(P(c5ccccc5)c5ccccc5)cc4)ccc3c2c2cccc(N)c12)N(C)C(C)c1ccccc1. The van der Waals surface area contributed by atoms with Gasteiger partial charge in [0.15, 0.2) is 0 Å². The van der Waals surface area contributed by atoms with Crippen molar-refractivity contribution in [3.8, 4) is 11.1 Å². The summed E-state index contributed by atoms with van der Waals surface area (Å²) < 4.78 is 2.51. The molecular formula is C45H37N2PS. The predicted molar refractivity (Wildman–Crippen MR) is 217 cm³/mol. The molecule has 0 aliphatic carbocycles. The van der Waals surface area contributed by atoms with E-state index in [2.05, 4.69) is 177 Å². The molecule has 7 aromatic carbocycles. The fourth-order valence-corrected chi connectivity index (χ4v) is 10.5. The lowest BCUT2D eigenvalue weighted by molar-refractivity contribution is 0.383. The van der Waals surface area contributed by atoms with Crippen LogP contribution in [-0.2, 0) is 0 Å². The lowest BCUT2D eigenvalue weighted by Crippen LogP contribution is -2.20. The highest BCUT2D eigenvalue weighted by Crippen LogP contribution is 2.45. The quantitative estimate of drug-likeness (QED) is 0.129. The van der Waals surface area contributed by atoms with Gasteiger partial charge in [0, 0.05) is 49.6 Å². The largest absolute Gasteiger partial charge is 0.398 e. The second-order valence-corrected chi connectivity index (χ2v) is 15.9. The summed E-state index contributed by atoms with van der Waals surface area (Å²) in [6.45, 7) is 6.84. The molecule has 2 N–H and O–H groups in total. The molecule has 0 saturated carbocycles. The average molecular weight is 669 g/mol. The van der Waals surface area contributed by atoms with Gasteiger partial charge in [-0.05, 0) is 71.0 Å². The molecule has 8 aromatic rings. The van der Waals surface area contributed by atoms with Gasteiger partial charge in [0.05, 0.1) is 6.04 Å². The first-order chi connectivity index (χ1) is 24.0. The first-order valence-electron chi connectivity index (χ1n) is 16.6. The Bertz CT molecular complexity index is 2400. The lowest BCUT2D eigenvalue weighted by Gasteiger charge is -2.30. The number of rotatable bonds is 8. The molecule has 1 heterocycles. The van der Waals surface area contributed by atoms with Crippen molar-refractivity contribution in [2.24, 2.45) is 0 Å². The van der Waals surface area contributed by atoms with Gasteiger partial charge in [-0.1, -0.05) is 146 Å². The number of hydrogen-bond acceptors (Lipinski definition) is 3. The molecule has 0 spiro atoms. The molecule has 0 saturated heterocycles. The Labute approximate surface area is 293 Å². The van der Waals surface area contributed by atoms with Crippen molar-refractivity contribution in [1.29, 1.82) is 0 Å². The zero-order valence-corrected chi connectivity index (χ0v) is 29.4. The molecule has 4 heteroatoms. The van der Waals surface area contributed by atoms with Crippen molar-refractivity contribution in [3.05, 3.63) is 175 Å². The number of nitrogen functional groups attached to an aromatic ring is 1. The Morgan fingerprint density at radius 1 is 0.612 bits per heavy atom. The summed E-state index contributed by atoms with van der Waals surface area (Å²) in [4.78, 5) is 2.26. The van der Waals surface area contributed by atoms with Gasteiger partial charge in [0.25, 0.3) is 0 Å². The fraction of sp³-hybridized carbons (Fsp3) is 0.0667. The van der Waals surface area contributed by atoms with Crippen LogP contribution in [0.5, 0.6) is 0 Å². The first-order valence-corrected chi connectivity index (χ1v) is 18.8. The van der Waals surface area contributed by atoms with Crippen LogP contribution in [0.15, 0.2) is 164 Å². The van der Waals surface area contributed by atoms with Crippen LogP contribution < -0.4 is 21.6 Å². The van der Waals surface area contributed by atoms with E-state index in [0.29, 0.717) is 0 Å². The smallest absolute Gasteiger partial charge is 0.0511 e. The third-order valence-corrected chi connectivity index (χ3v) is 13.3. The number of anilines is 1. The van der Waals surface area contributed by atoms with E-state index in [0.717, 1.165) is 22.3 Å². The minimum atomic E-state index is -0.639. The van der Waals surface area contributed by atoms with Crippen molar-refractivity contribution < 1.29 is 0 Å². The van der Waals surface area contributed by atoms with Crippen LogP contribution >= 0.6 is 19.3 Å². The molecule has 0 bridgehead atoms. The van der Waals surface area contributed by atoms with E-state index in [9.17, 15) is 0 Å². The highest BCUT2D eigenvalue weighted by molar-refractivity contribution is 7.79. The number of thiophene rings is 1. The van der Waals surface area contributed by atoms with Gasteiger partial charge in [-0.2, -0.15) is 0 Å². The Balaban J connectivity index is 1.19. The van der Waals surface area contributed by atoms with E-state index in [4.69, 9.17) is 5.73 Å². The summed E-state index contributed by atoms with van der Waals surface area (Å²) in [7, 11) is 1.49. The Hall–Kier alpha value is -5.21. The van der Waals surface area contributed by atoms with Crippen LogP contribution in [0.4, 0.5) is 5.69 Å². The van der Waals surface area contributed by atoms with Gasteiger partial charge in [-0.25, -0.2) is 0 Å². The Kier molecular flexibility index (Phi) is 8.25. The van der Waals surface area contributed by atoms with Crippen LogP contribution in [0.25, 0.3) is 47.8 Å². The van der Waals surface area contributed by atoms with Crippen LogP contribution in [0.3, 0.4) is 0 Å². The molecule has 49 heavy (non-hydrogen) atoms. The first kappa shape index (κ1) is 31.1. The molecule has 8 rings (SSSR count). The van der Waals surface area contributed by atoms with E-state index < -0.39 is 7.92 Å². The second-order valence-electron chi connectivity index (χ2n) is 12.6. The van der Waals surface area contributed by atoms with E-state index in [-0.39, 0.29) is 6.04 Å². The van der Waals surface area contributed by atoms with Crippen molar-refractivity contribution in [3.63, 3.8) is 0 Å². The van der Waals surface area contributed by atoms with Gasteiger partial charge in [-0.3, -0.25) is 0 Å². The van der Waals surface area contributed by atoms with Gasteiger partial charge < -0.3 is 10.6 Å². The van der Waals surface area contributed by atoms with Crippen molar-refractivity contribution in [1.82, 2.24) is 4.90 Å². The summed E-state index contributed by atoms with van der Waals surface area (Å²) >= 11 is 1.84. The number of fused-ring (bicyclic) bond motifs is 5. The summed E-state index contributed by atoms with van der Waals surface area (Å²) in [6.07, 6.45) is 0. The van der Waals surface area contributed by atoms with E-state index in [1.54, 1.807) is 0 Å². The van der Waals surface area contributed by atoms with Crippen LogP contribution in [0, 0.1) is 0 Å². The molecule has 238 valence electrons. The minimum Gasteiger partial charge on any atom is -0.398 e. The van der Waals surface area contributed by atoms with Crippen LogP contribution in [-0.4, -0.2) is 11.9 Å². The number of hydrogen-bond donors (Lipinski definition) is 1. The summed E-state index contributed by atoms with van der Waals surface area (Å²) in [6, 6.07) is 57.2. The van der Waals surface area contributed by atoms with Crippen molar-refractivity contribution in [2.45, 2.75) is 13.0 Å². The van der Waals surface area contributed by atoms with E-state index >= 15 is 0 Å². The Morgan fingerprint density at radius 3 is 1.86 bits per heavy atom. The predicted octanol–water partition coefficient (Wildman–Crippen LogP) is 10.9. The Morgan fingerprint density at radius 2 is 1.20 bits per heavy atom. The molecule has 0 amide bonds. The molecule has 0 aliphatic heterocycles. The van der Waals surface area contributed by atoms with Gasteiger partial charge in [-0.15, -0.1) is 11.3 Å². The molecule has 2 nitrogen and oxygen atoms in total. The molecule has 0 radical (unpaired) electrons. The van der Waals surface area contributed by atoms with Crippen molar-refractivity contribution >= 4 is 77.5 Å². The second kappa shape index (κ2) is 13.0. The van der Waals surface area contributed by atoms with Crippen LogP contribution in [0.2, 0.25) is 0 Å². The molecule has 1 atom stereocenters. The van der Waals surface area contributed by atoms with E-state index in [1.165, 1.54) is 58.2 Å². The summed E-state index contributed by atoms with van der Waals surface area (Å²) in [5.74, 6) is 0. The molecular weight excluding hydrogens is 632 g/mol. The maximum Gasteiger partial charge on any atom is 0.0511 e. The summed E-state index contributed by atoms with van der Waals surface area (Å²) in [5, 5.41) is 8.83. The number of nitrogens with two attached hydrogens (primary N) is 1. The van der Waals surface area contributed by atoms with Crippen LogP contribution in [0.1, 0.15) is 24.1 Å².